The molecule has 0 aliphatic heterocycles. The fourth-order valence-corrected chi connectivity index (χ4v) is 3.42. The Labute approximate surface area is 125 Å². The van der Waals surface area contributed by atoms with Gasteiger partial charge in [0, 0.05) is 0 Å². The predicted octanol–water partition coefficient (Wildman–Crippen LogP) is 2.41. The standard InChI is InChI=1S/C14H20N4O2S/c1-2-3-4-5-9-12-21(19,20)14-15-16-17-18(14)13-10-7-6-8-11-13/h6-8,10-11H,2-5,9,12H2,1H3. The maximum Gasteiger partial charge on any atom is 0.272 e. The number of tetrazole rings is 1. The monoisotopic (exact) mass is 308 g/mol. The van der Waals surface area contributed by atoms with Crippen LogP contribution >= 0.6 is 0 Å². The Morgan fingerprint density at radius 2 is 1.76 bits per heavy atom. The summed E-state index contributed by atoms with van der Waals surface area (Å²) in [6, 6.07) is 9.04. The first-order valence-corrected chi connectivity index (χ1v) is 8.87. The molecular weight excluding hydrogens is 288 g/mol. The zero-order valence-corrected chi connectivity index (χ0v) is 13.0. The minimum atomic E-state index is -3.46. The van der Waals surface area contributed by atoms with Crippen LogP contribution in [0.4, 0.5) is 0 Å². The van der Waals surface area contributed by atoms with Crippen LogP contribution in [0.2, 0.25) is 0 Å². The predicted molar refractivity (Wildman–Crippen MR) is 80.0 cm³/mol. The molecule has 2 rings (SSSR count). The van der Waals surface area contributed by atoms with Crippen LogP contribution in [0.3, 0.4) is 0 Å². The van der Waals surface area contributed by atoms with Gasteiger partial charge in [0.2, 0.25) is 9.84 Å². The van der Waals surface area contributed by atoms with Crippen LogP contribution in [0.25, 0.3) is 5.69 Å². The Kier molecular flexibility index (Phi) is 5.44. The van der Waals surface area contributed by atoms with Crippen molar-refractivity contribution in [1.82, 2.24) is 20.2 Å². The summed E-state index contributed by atoms with van der Waals surface area (Å²) in [7, 11) is -3.46. The summed E-state index contributed by atoms with van der Waals surface area (Å²) in [6.45, 7) is 2.13. The van der Waals surface area contributed by atoms with Crippen LogP contribution in [0.1, 0.15) is 39.0 Å². The minimum Gasteiger partial charge on any atom is -0.220 e. The van der Waals surface area contributed by atoms with Crippen molar-refractivity contribution >= 4 is 9.84 Å². The van der Waals surface area contributed by atoms with Crippen LogP contribution in [0, 0.1) is 0 Å². The molecule has 1 aromatic carbocycles. The lowest BCUT2D eigenvalue weighted by atomic mass is 10.2. The zero-order chi connectivity index (χ0) is 15.1. The van der Waals surface area contributed by atoms with Crippen molar-refractivity contribution in [3.8, 4) is 5.69 Å². The molecule has 0 unspecified atom stereocenters. The van der Waals surface area contributed by atoms with Crippen molar-refractivity contribution in [2.75, 3.05) is 5.75 Å². The first-order chi connectivity index (χ1) is 10.1. The van der Waals surface area contributed by atoms with Gasteiger partial charge in [-0.05, 0) is 29.0 Å². The molecular formula is C14H20N4O2S. The number of aromatic nitrogens is 4. The van der Waals surface area contributed by atoms with Crippen LogP contribution < -0.4 is 0 Å². The van der Waals surface area contributed by atoms with Crippen molar-refractivity contribution in [3.05, 3.63) is 30.3 Å². The van der Waals surface area contributed by atoms with E-state index in [0.717, 1.165) is 25.7 Å². The topological polar surface area (TPSA) is 77.7 Å². The third-order valence-corrected chi connectivity index (χ3v) is 4.87. The molecule has 0 N–H and O–H groups in total. The fourth-order valence-electron chi connectivity index (χ4n) is 2.09. The molecule has 0 amide bonds. The SMILES string of the molecule is CCCCCCCS(=O)(=O)c1nnnn1-c1ccccc1. The van der Waals surface area contributed by atoms with Gasteiger partial charge in [-0.25, -0.2) is 8.42 Å². The van der Waals surface area contributed by atoms with Crippen LogP contribution in [0.15, 0.2) is 35.5 Å². The average Bonchev–Trinajstić information content (AvgIpc) is 2.98. The van der Waals surface area contributed by atoms with Gasteiger partial charge in [0.1, 0.15) is 0 Å². The Morgan fingerprint density at radius 3 is 2.48 bits per heavy atom. The molecule has 0 fully saturated rings. The van der Waals surface area contributed by atoms with Crippen molar-refractivity contribution in [2.24, 2.45) is 0 Å². The second-order valence-corrected chi connectivity index (χ2v) is 6.94. The molecule has 0 saturated heterocycles. The van der Waals surface area contributed by atoms with E-state index in [9.17, 15) is 8.42 Å². The summed E-state index contributed by atoms with van der Waals surface area (Å²) < 4.78 is 26.0. The summed E-state index contributed by atoms with van der Waals surface area (Å²) in [5, 5.41) is 10.9. The normalized spacial score (nSPS) is 11.7. The molecule has 2 aromatic rings. The molecule has 21 heavy (non-hydrogen) atoms. The molecule has 0 bridgehead atoms. The van der Waals surface area contributed by atoms with Crippen molar-refractivity contribution in [1.29, 1.82) is 0 Å². The molecule has 6 nitrogen and oxygen atoms in total. The summed E-state index contributed by atoms with van der Waals surface area (Å²) in [6.07, 6.45) is 4.90. The molecule has 0 saturated carbocycles. The Morgan fingerprint density at radius 1 is 1.05 bits per heavy atom. The van der Waals surface area contributed by atoms with Gasteiger partial charge in [0.15, 0.2) is 0 Å². The first kappa shape index (κ1) is 15.6. The van der Waals surface area contributed by atoms with Crippen molar-refractivity contribution < 1.29 is 8.42 Å². The van der Waals surface area contributed by atoms with Gasteiger partial charge in [-0.2, -0.15) is 4.68 Å². The number of nitrogens with zero attached hydrogens (tertiary/aromatic N) is 4. The summed E-state index contributed by atoms with van der Waals surface area (Å²) in [5.74, 6) is 0.0872. The smallest absolute Gasteiger partial charge is 0.220 e. The highest BCUT2D eigenvalue weighted by Crippen LogP contribution is 2.14. The first-order valence-electron chi connectivity index (χ1n) is 7.21. The van der Waals surface area contributed by atoms with E-state index >= 15 is 0 Å². The minimum absolute atomic E-state index is 0.0795. The Bertz CT molecular complexity index is 653. The highest BCUT2D eigenvalue weighted by molar-refractivity contribution is 7.91. The zero-order valence-electron chi connectivity index (χ0n) is 12.1. The van der Waals surface area contributed by atoms with E-state index in [-0.39, 0.29) is 10.9 Å². The second-order valence-electron chi connectivity index (χ2n) is 4.94. The highest BCUT2D eigenvalue weighted by Gasteiger charge is 2.23. The molecule has 0 aliphatic carbocycles. The Balaban J connectivity index is 2.09. The molecule has 0 aliphatic rings. The van der Waals surface area contributed by atoms with Crippen molar-refractivity contribution in [3.63, 3.8) is 0 Å². The molecule has 7 heteroatoms. The summed E-state index contributed by atoms with van der Waals surface area (Å²) >= 11 is 0. The van der Waals surface area contributed by atoms with E-state index in [1.54, 1.807) is 12.1 Å². The molecule has 1 heterocycles. The van der Waals surface area contributed by atoms with Gasteiger partial charge < -0.3 is 0 Å². The van der Waals surface area contributed by atoms with Gasteiger partial charge in [-0.15, -0.1) is 0 Å². The van der Waals surface area contributed by atoms with E-state index in [1.807, 2.05) is 18.2 Å². The van der Waals surface area contributed by atoms with E-state index in [2.05, 4.69) is 22.4 Å². The van der Waals surface area contributed by atoms with E-state index < -0.39 is 9.84 Å². The lowest BCUT2D eigenvalue weighted by Crippen LogP contribution is -2.14. The summed E-state index contributed by atoms with van der Waals surface area (Å²) in [5.41, 5.74) is 0.645. The second kappa shape index (κ2) is 7.31. The number of unbranched alkanes of at least 4 members (excludes halogenated alkanes) is 4. The maximum atomic E-state index is 12.4. The maximum absolute atomic E-state index is 12.4. The lowest BCUT2D eigenvalue weighted by Gasteiger charge is -2.05. The van der Waals surface area contributed by atoms with Gasteiger partial charge in [-0.3, -0.25) is 0 Å². The van der Waals surface area contributed by atoms with Crippen LogP contribution in [0.5, 0.6) is 0 Å². The van der Waals surface area contributed by atoms with Gasteiger partial charge in [0.25, 0.3) is 5.16 Å². The number of benzene rings is 1. The molecule has 114 valence electrons. The largest absolute Gasteiger partial charge is 0.272 e. The molecule has 0 spiro atoms. The van der Waals surface area contributed by atoms with Gasteiger partial charge in [0.05, 0.1) is 11.4 Å². The molecule has 0 radical (unpaired) electrons. The fraction of sp³-hybridized carbons (Fsp3) is 0.500. The quantitative estimate of drug-likeness (QED) is 0.700. The number of para-hydroxylation sites is 1. The van der Waals surface area contributed by atoms with Gasteiger partial charge in [-0.1, -0.05) is 55.9 Å². The average molecular weight is 308 g/mol. The third kappa shape index (κ3) is 4.10. The number of sulfone groups is 1. The lowest BCUT2D eigenvalue weighted by molar-refractivity contribution is 0.572. The van der Waals surface area contributed by atoms with Crippen LogP contribution in [-0.2, 0) is 9.84 Å². The molecule has 1 aromatic heterocycles. The summed E-state index contributed by atoms with van der Waals surface area (Å²) in [4.78, 5) is 0. The van der Waals surface area contributed by atoms with Crippen LogP contribution in [-0.4, -0.2) is 34.4 Å². The third-order valence-electron chi connectivity index (χ3n) is 3.24. The van der Waals surface area contributed by atoms with E-state index in [4.69, 9.17) is 0 Å². The Hall–Kier alpha value is -1.76. The number of rotatable bonds is 8. The van der Waals surface area contributed by atoms with Crippen molar-refractivity contribution in [2.45, 2.75) is 44.2 Å². The molecule has 0 atom stereocenters. The van der Waals surface area contributed by atoms with E-state index in [0.29, 0.717) is 12.1 Å². The highest BCUT2D eigenvalue weighted by atomic mass is 32.2. The number of hydrogen-bond acceptors (Lipinski definition) is 5. The van der Waals surface area contributed by atoms with E-state index in [1.165, 1.54) is 4.68 Å². The van der Waals surface area contributed by atoms with Gasteiger partial charge >= 0.3 is 0 Å². The number of hydrogen-bond donors (Lipinski definition) is 0.